The third kappa shape index (κ3) is 24.7. The molecule has 14 nitrogen and oxygen atoms in total. The molecule has 11 unspecified atom stereocenters. The number of carbonyl (C=O) groups is 1. The molecule has 2 fully saturated rings. The van der Waals surface area contributed by atoms with Gasteiger partial charge in [0.2, 0.25) is 0 Å². The van der Waals surface area contributed by atoms with Crippen molar-refractivity contribution in [2.45, 2.75) is 242 Å². The number of rotatable bonds is 38. The molecule has 62 heavy (non-hydrogen) atoms. The lowest BCUT2D eigenvalue weighted by Gasteiger charge is -2.42. The summed E-state index contributed by atoms with van der Waals surface area (Å²) in [5, 5.41) is 71.8. The molecule has 364 valence electrons. The molecule has 2 aliphatic rings. The summed E-state index contributed by atoms with van der Waals surface area (Å²) < 4.78 is 34.1. The van der Waals surface area contributed by atoms with Crippen molar-refractivity contribution in [3.63, 3.8) is 0 Å². The molecular weight excluding hydrogens is 801 g/mol. The molecule has 2 heterocycles. The molecule has 2 rings (SSSR count). The zero-order chi connectivity index (χ0) is 45.2. The van der Waals surface area contributed by atoms with Crippen molar-refractivity contribution in [2.24, 2.45) is 0 Å². The second kappa shape index (κ2) is 36.7. The van der Waals surface area contributed by atoms with Crippen LogP contribution in [0.15, 0.2) is 24.3 Å². The van der Waals surface area contributed by atoms with Gasteiger partial charge in [-0.2, -0.15) is 0 Å². The van der Waals surface area contributed by atoms with Crippen LogP contribution in [0, 0.1) is 0 Å². The summed E-state index contributed by atoms with van der Waals surface area (Å²) in [5.41, 5.74) is 0. The zero-order valence-corrected chi connectivity index (χ0v) is 38.4. The van der Waals surface area contributed by atoms with Crippen molar-refractivity contribution in [1.82, 2.24) is 0 Å². The van der Waals surface area contributed by atoms with Crippen LogP contribution in [-0.4, -0.2) is 142 Å². The van der Waals surface area contributed by atoms with Crippen LogP contribution >= 0.6 is 0 Å². The van der Waals surface area contributed by atoms with Crippen LogP contribution in [0.3, 0.4) is 0 Å². The van der Waals surface area contributed by atoms with Gasteiger partial charge >= 0.3 is 5.97 Å². The summed E-state index contributed by atoms with van der Waals surface area (Å²) in [6.07, 6.45) is 21.2. The van der Waals surface area contributed by atoms with Gasteiger partial charge in [0.15, 0.2) is 12.6 Å². The minimum Gasteiger partial charge on any atom is -0.457 e. The predicted molar refractivity (Wildman–Crippen MR) is 238 cm³/mol. The topological polar surface area (TPSA) is 214 Å². The van der Waals surface area contributed by atoms with E-state index in [9.17, 15) is 40.5 Å². The van der Waals surface area contributed by atoms with E-state index in [-0.39, 0.29) is 25.6 Å². The standard InChI is InChI=1S/C48H88O14/c1-3-5-7-9-11-12-13-14-15-16-17-18-19-20-21-22-23-24-25-27-29-31-40(50)60-37(34-57-32-30-28-26-10-8-6-4-2)35-58-47-46(56)44(54)42(52)39(62-47)36-59-48-45(55)43(53)41(51)38(33-49)61-48/h13-14,16-17,37-39,41-49,51-56H,3-12,15,18-36H2,1-2H3/b14-13-,17-16-. The van der Waals surface area contributed by atoms with Crippen molar-refractivity contribution >= 4 is 5.97 Å². The number of aliphatic hydroxyl groups excluding tert-OH is 7. The van der Waals surface area contributed by atoms with Crippen molar-refractivity contribution < 1.29 is 69.0 Å². The van der Waals surface area contributed by atoms with Gasteiger partial charge in [0, 0.05) is 13.0 Å². The van der Waals surface area contributed by atoms with Gasteiger partial charge in [0.25, 0.3) is 0 Å². The highest BCUT2D eigenvalue weighted by Gasteiger charge is 2.47. The lowest BCUT2D eigenvalue weighted by molar-refractivity contribution is -0.332. The van der Waals surface area contributed by atoms with Gasteiger partial charge in [0.1, 0.15) is 54.9 Å². The Hall–Kier alpha value is -1.53. The number of carbonyl (C=O) groups excluding carboxylic acids is 1. The number of hydrogen-bond acceptors (Lipinski definition) is 14. The van der Waals surface area contributed by atoms with Crippen LogP contribution in [0.5, 0.6) is 0 Å². The van der Waals surface area contributed by atoms with Crippen molar-refractivity contribution in [3.05, 3.63) is 24.3 Å². The third-order valence-electron chi connectivity index (χ3n) is 11.7. The molecule has 0 aromatic rings. The molecule has 2 aliphatic heterocycles. The average molecular weight is 889 g/mol. The van der Waals surface area contributed by atoms with Crippen LogP contribution < -0.4 is 0 Å². The molecule has 0 aromatic carbocycles. The molecule has 0 aliphatic carbocycles. The molecule has 11 atom stereocenters. The van der Waals surface area contributed by atoms with Crippen LogP contribution in [0.2, 0.25) is 0 Å². The highest BCUT2D eigenvalue weighted by atomic mass is 16.7. The van der Waals surface area contributed by atoms with Gasteiger partial charge in [-0.05, 0) is 44.9 Å². The van der Waals surface area contributed by atoms with E-state index in [0.29, 0.717) is 13.0 Å². The van der Waals surface area contributed by atoms with E-state index in [1.807, 2.05) is 0 Å². The first-order chi connectivity index (χ1) is 30.1. The number of aliphatic hydroxyl groups is 7. The summed E-state index contributed by atoms with van der Waals surface area (Å²) in [7, 11) is 0. The Labute approximate surface area is 373 Å². The molecule has 0 spiro atoms. The Balaban J connectivity index is 1.71. The third-order valence-corrected chi connectivity index (χ3v) is 11.7. The predicted octanol–water partition coefficient (Wildman–Crippen LogP) is 6.46. The normalized spacial score (nSPS) is 27.4. The van der Waals surface area contributed by atoms with Crippen molar-refractivity contribution in [3.8, 4) is 0 Å². The first-order valence-electron chi connectivity index (χ1n) is 24.4. The SMILES string of the molecule is CCCCCCC/C=C\C/C=C\CCCCCCCCCCCC(=O)OC(COCCCCCCCCC)COC1OC(COC2OC(CO)C(O)C(O)C2O)C(O)C(O)C1O. The maximum absolute atomic E-state index is 12.9. The lowest BCUT2D eigenvalue weighted by atomic mass is 9.98. The van der Waals surface area contributed by atoms with Crippen LogP contribution in [-0.2, 0) is 33.2 Å². The maximum atomic E-state index is 12.9. The Bertz CT molecular complexity index is 1120. The molecule has 0 amide bonds. The maximum Gasteiger partial charge on any atom is 0.306 e. The Morgan fingerprint density at radius 2 is 1.00 bits per heavy atom. The van der Waals surface area contributed by atoms with Crippen LogP contribution in [0.4, 0.5) is 0 Å². The second-order valence-corrected chi connectivity index (χ2v) is 17.3. The minimum absolute atomic E-state index is 0.0617. The summed E-state index contributed by atoms with van der Waals surface area (Å²) in [4.78, 5) is 12.9. The monoisotopic (exact) mass is 889 g/mol. The first-order valence-corrected chi connectivity index (χ1v) is 24.4. The van der Waals surface area contributed by atoms with Gasteiger partial charge < -0.3 is 64.2 Å². The van der Waals surface area contributed by atoms with E-state index in [1.54, 1.807) is 0 Å². The summed E-state index contributed by atoms with van der Waals surface area (Å²) in [6.45, 7) is 3.63. The summed E-state index contributed by atoms with van der Waals surface area (Å²) in [6, 6.07) is 0. The molecule has 0 saturated carbocycles. The van der Waals surface area contributed by atoms with E-state index in [4.69, 9.17) is 28.4 Å². The molecule has 0 radical (unpaired) electrons. The molecule has 0 bridgehead atoms. The fourth-order valence-electron chi connectivity index (χ4n) is 7.67. The molecule has 2 saturated heterocycles. The van der Waals surface area contributed by atoms with E-state index < -0.39 is 80.7 Å². The fraction of sp³-hybridized carbons (Fsp3) is 0.896. The van der Waals surface area contributed by atoms with Crippen LogP contribution in [0.25, 0.3) is 0 Å². The quantitative estimate of drug-likeness (QED) is 0.0202. The van der Waals surface area contributed by atoms with E-state index >= 15 is 0 Å². The van der Waals surface area contributed by atoms with Gasteiger partial charge in [-0.15, -0.1) is 0 Å². The van der Waals surface area contributed by atoms with Crippen LogP contribution in [0.1, 0.15) is 174 Å². The van der Waals surface area contributed by atoms with E-state index in [1.165, 1.54) is 96.3 Å². The minimum atomic E-state index is -1.70. The Kier molecular flexibility index (Phi) is 33.5. The average Bonchev–Trinajstić information content (AvgIpc) is 3.27. The zero-order valence-electron chi connectivity index (χ0n) is 38.4. The van der Waals surface area contributed by atoms with E-state index in [2.05, 4.69) is 38.2 Å². The smallest absolute Gasteiger partial charge is 0.306 e. The summed E-state index contributed by atoms with van der Waals surface area (Å²) >= 11 is 0. The molecule has 14 heteroatoms. The highest BCUT2D eigenvalue weighted by molar-refractivity contribution is 5.69. The van der Waals surface area contributed by atoms with Gasteiger partial charge in [-0.3, -0.25) is 4.79 Å². The largest absolute Gasteiger partial charge is 0.457 e. The summed E-state index contributed by atoms with van der Waals surface area (Å²) in [5.74, 6) is -0.382. The van der Waals surface area contributed by atoms with Crippen molar-refractivity contribution in [1.29, 1.82) is 0 Å². The fourth-order valence-corrected chi connectivity index (χ4v) is 7.67. The second-order valence-electron chi connectivity index (χ2n) is 17.3. The molecule has 0 aromatic heterocycles. The number of allylic oxidation sites excluding steroid dienone is 4. The van der Waals surface area contributed by atoms with E-state index in [0.717, 1.165) is 51.4 Å². The number of hydrogen-bond donors (Lipinski definition) is 7. The lowest BCUT2D eigenvalue weighted by Crippen LogP contribution is -2.61. The number of esters is 1. The van der Waals surface area contributed by atoms with Gasteiger partial charge in [-0.25, -0.2) is 0 Å². The van der Waals surface area contributed by atoms with Gasteiger partial charge in [-0.1, -0.05) is 147 Å². The number of unbranched alkanes of at least 4 members (excludes halogenated alkanes) is 20. The Morgan fingerprint density at radius 3 is 1.55 bits per heavy atom. The Morgan fingerprint density at radius 1 is 0.532 bits per heavy atom. The van der Waals surface area contributed by atoms with Crippen molar-refractivity contribution in [2.75, 3.05) is 33.0 Å². The first kappa shape index (κ1) is 56.6. The number of ether oxygens (including phenoxy) is 6. The molecule has 7 N–H and O–H groups in total. The molecular formula is C48H88O14. The highest BCUT2D eigenvalue weighted by Crippen LogP contribution is 2.26. The van der Waals surface area contributed by atoms with Gasteiger partial charge in [0.05, 0.1) is 26.4 Å².